The number of anilines is 1. The third kappa shape index (κ3) is 2.26. The first-order chi connectivity index (χ1) is 7.66. The maximum atomic E-state index is 12.6. The zero-order valence-electron chi connectivity index (χ0n) is 8.86. The SMILES string of the molecule is N=C(N)C1CCN(c2ncc(F)cn2)CC1. The van der Waals surface area contributed by atoms with Crippen LogP contribution in [0.15, 0.2) is 12.4 Å². The molecule has 0 saturated carbocycles. The van der Waals surface area contributed by atoms with E-state index in [4.69, 9.17) is 11.1 Å². The molecule has 0 unspecified atom stereocenters. The summed E-state index contributed by atoms with van der Waals surface area (Å²) in [6.45, 7) is 1.52. The molecule has 0 amide bonds. The van der Waals surface area contributed by atoms with E-state index in [1.54, 1.807) is 0 Å². The molecule has 1 aliphatic heterocycles. The van der Waals surface area contributed by atoms with Crippen molar-refractivity contribution in [2.45, 2.75) is 12.8 Å². The molecule has 1 saturated heterocycles. The number of aromatic nitrogens is 2. The lowest BCUT2D eigenvalue weighted by atomic mass is 9.96. The van der Waals surface area contributed by atoms with E-state index in [1.807, 2.05) is 4.90 Å². The van der Waals surface area contributed by atoms with Crippen LogP contribution in [0.4, 0.5) is 10.3 Å². The van der Waals surface area contributed by atoms with E-state index in [9.17, 15) is 4.39 Å². The Bertz CT molecular complexity index is 369. The van der Waals surface area contributed by atoms with Crippen LogP contribution in [-0.4, -0.2) is 28.9 Å². The van der Waals surface area contributed by atoms with Crippen molar-refractivity contribution in [3.05, 3.63) is 18.2 Å². The molecule has 0 atom stereocenters. The summed E-state index contributed by atoms with van der Waals surface area (Å²) in [4.78, 5) is 9.84. The van der Waals surface area contributed by atoms with Crippen molar-refractivity contribution < 1.29 is 4.39 Å². The van der Waals surface area contributed by atoms with Gasteiger partial charge in [-0.1, -0.05) is 0 Å². The average Bonchev–Trinajstić information content (AvgIpc) is 2.30. The first-order valence-electron chi connectivity index (χ1n) is 5.23. The summed E-state index contributed by atoms with van der Waals surface area (Å²) in [7, 11) is 0. The van der Waals surface area contributed by atoms with Crippen LogP contribution >= 0.6 is 0 Å². The molecule has 1 aromatic rings. The number of halogens is 1. The number of nitrogens with zero attached hydrogens (tertiary/aromatic N) is 3. The minimum Gasteiger partial charge on any atom is -0.387 e. The summed E-state index contributed by atoms with van der Waals surface area (Å²) in [5.41, 5.74) is 5.46. The van der Waals surface area contributed by atoms with Crippen molar-refractivity contribution >= 4 is 11.8 Å². The Balaban J connectivity index is 1.99. The van der Waals surface area contributed by atoms with Crippen LogP contribution in [-0.2, 0) is 0 Å². The van der Waals surface area contributed by atoms with Crippen molar-refractivity contribution in [3.8, 4) is 0 Å². The fourth-order valence-corrected chi connectivity index (χ4v) is 1.86. The summed E-state index contributed by atoms with van der Waals surface area (Å²) in [6, 6.07) is 0. The Morgan fingerprint density at radius 2 is 1.94 bits per heavy atom. The van der Waals surface area contributed by atoms with Gasteiger partial charge < -0.3 is 10.6 Å². The molecule has 1 fully saturated rings. The van der Waals surface area contributed by atoms with Crippen molar-refractivity contribution in [1.82, 2.24) is 9.97 Å². The highest BCUT2D eigenvalue weighted by molar-refractivity contribution is 5.79. The molecule has 5 nitrogen and oxygen atoms in total. The van der Waals surface area contributed by atoms with Gasteiger partial charge in [-0.25, -0.2) is 14.4 Å². The van der Waals surface area contributed by atoms with Crippen molar-refractivity contribution in [2.75, 3.05) is 18.0 Å². The van der Waals surface area contributed by atoms with Crippen molar-refractivity contribution in [1.29, 1.82) is 5.41 Å². The van der Waals surface area contributed by atoms with E-state index in [1.165, 1.54) is 12.4 Å². The van der Waals surface area contributed by atoms with Gasteiger partial charge in [-0.05, 0) is 12.8 Å². The van der Waals surface area contributed by atoms with Crippen molar-refractivity contribution in [2.24, 2.45) is 11.7 Å². The van der Waals surface area contributed by atoms with E-state index < -0.39 is 5.82 Å². The van der Waals surface area contributed by atoms with Gasteiger partial charge in [0.25, 0.3) is 0 Å². The van der Waals surface area contributed by atoms with Crippen LogP contribution < -0.4 is 10.6 Å². The number of hydrogen-bond acceptors (Lipinski definition) is 4. The van der Waals surface area contributed by atoms with Crippen LogP contribution in [0.25, 0.3) is 0 Å². The molecule has 0 radical (unpaired) electrons. The fraction of sp³-hybridized carbons (Fsp3) is 0.500. The Hall–Kier alpha value is -1.72. The molecule has 16 heavy (non-hydrogen) atoms. The lowest BCUT2D eigenvalue weighted by Gasteiger charge is -2.31. The third-order valence-corrected chi connectivity index (χ3v) is 2.82. The van der Waals surface area contributed by atoms with Crippen molar-refractivity contribution in [3.63, 3.8) is 0 Å². The van der Waals surface area contributed by atoms with Gasteiger partial charge in [0, 0.05) is 19.0 Å². The number of hydrogen-bond donors (Lipinski definition) is 2. The highest BCUT2D eigenvalue weighted by atomic mass is 19.1. The highest BCUT2D eigenvalue weighted by Gasteiger charge is 2.22. The van der Waals surface area contributed by atoms with Gasteiger partial charge in [-0.15, -0.1) is 0 Å². The van der Waals surface area contributed by atoms with Crippen LogP contribution in [0.2, 0.25) is 0 Å². The molecule has 1 aromatic heterocycles. The molecule has 0 aromatic carbocycles. The lowest BCUT2D eigenvalue weighted by molar-refractivity contribution is 0.490. The second-order valence-electron chi connectivity index (χ2n) is 3.92. The molecule has 0 aliphatic carbocycles. The highest BCUT2D eigenvalue weighted by Crippen LogP contribution is 2.19. The van der Waals surface area contributed by atoms with Crippen LogP contribution in [0, 0.1) is 17.1 Å². The molecular weight excluding hydrogens is 209 g/mol. The van der Waals surface area contributed by atoms with E-state index in [-0.39, 0.29) is 11.8 Å². The normalized spacial score (nSPS) is 17.4. The standard InChI is InChI=1S/C10H14FN5/c11-8-5-14-10(15-6-8)16-3-1-7(2-4-16)9(12)13/h5-7H,1-4H2,(H3,12,13). The lowest BCUT2D eigenvalue weighted by Crippen LogP contribution is -2.39. The summed E-state index contributed by atoms with van der Waals surface area (Å²) in [5.74, 6) is 0.530. The average molecular weight is 223 g/mol. The van der Waals surface area contributed by atoms with Gasteiger partial charge in [0.2, 0.25) is 5.95 Å². The third-order valence-electron chi connectivity index (χ3n) is 2.82. The minimum absolute atomic E-state index is 0.164. The summed E-state index contributed by atoms with van der Waals surface area (Å²) in [5, 5.41) is 7.37. The largest absolute Gasteiger partial charge is 0.387 e. The molecule has 86 valence electrons. The van der Waals surface area contributed by atoms with Gasteiger partial charge in [-0.2, -0.15) is 0 Å². The summed E-state index contributed by atoms with van der Waals surface area (Å²) >= 11 is 0. The van der Waals surface area contributed by atoms with Gasteiger partial charge >= 0.3 is 0 Å². The topological polar surface area (TPSA) is 78.9 Å². The number of rotatable bonds is 2. The molecule has 2 heterocycles. The fourth-order valence-electron chi connectivity index (χ4n) is 1.86. The smallest absolute Gasteiger partial charge is 0.225 e. The molecule has 6 heteroatoms. The van der Waals surface area contributed by atoms with Gasteiger partial charge in [0.05, 0.1) is 18.2 Å². The predicted octanol–water partition coefficient (Wildman–Crippen LogP) is 0.768. The van der Waals surface area contributed by atoms with E-state index in [0.717, 1.165) is 25.9 Å². The molecule has 1 aliphatic rings. The predicted molar refractivity (Wildman–Crippen MR) is 58.8 cm³/mol. The van der Waals surface area contributed by atoms with Crippen LogP contribution in [0.1, 0.15) is 12.8 Å². The summed E-state index contributed by atoms with van der Waals surface area (Å²) in [6.07, 6.45) is 3.99. The van der Waals surface area contributed by atoms with Gasteiger partial charge in [0.1, 0.15) is 0 Å². The van der Waals surface area contributed by atoms with Gasteiger partial charge in [-0.3, -0.25) is 5.41 Å². The Kier molecular flexibility index (Phi) is 2.98. The first kappa shape index (κ1) is 10.8. The maximum Gasteiger partial charge on any atom is 0.225 e. The Labute approximate surface area is 93.0 Å². The Morgan fingerprint density at radius 1 is 1.38 bits per heavy atom. The molecular formula is C10H14FN5. The van der Waals surface area contributed by atoms with Crippen LogP contribution in [0.5, 0.6) is 0 Å². The maximum absolute atomic E-state index is 12.6. The number of amidine groups is 1. The molecule has 2 rings (SSSR count). The zero-order valence-corrected chi connectivity index (χ0v) is 8.86. The summed E-state index contributed by atoms with van der Waals surface area (Å²) < 4.78 is 12.6. The van der Waals surface area contributed by atoms with E-state index in [2.05, 4.69) is 9.97 Å². The number of piperidine rings is 1. The number of nitrogens with two attached hydrogens (primary N) is 1. The monoisotopic (exact) mass is 223 g/mol. The molecule has 0 spiro atoms. The quantitative estimate of drug-likeness (QED) is 0.573. The Morgan fingerprint density at radius 3 is 2.44 bits per heavy atom. The van der Waals surface area contributed by atoms with E-state index in [0.29, 0.717) is 5.95 Å². The molecule has 3 N–H and O–H groups in total. The zero-order chi connectivity index (χ0) is 11.5. The first-order valence-corrected chi connectivity index (χ1v) is 5.23. The minimum atomic E-state index is -0.428. The molecule has 0 bridgehead atoms. The van der Waals surface area contributed by atoms with Gasteiger partial charge in [0.15, 0.2) is 5.82 Å². The van der Waals surface area contributed by atoms with E-state index >= 15 is 0 Å². The second kappa shape index (κ2) is 4.42. The number of nitrogens with one attached hydrogen (secondary N) is 1. The second-order valence-corrected chi connectivity index (χ2v) is 3.92. The van der Waals surface area contributed by atoms with Crippen LogP contribution in [0.3, 0.4) is 0 Å².